The molecule has 0 N–H and O–H groups in total. The van der Waals surface area contributed by atoms with Crippen LogP contribution in [0.3, 0.4) is 0 Å². The molecule has 6 nitrogen and oxygen atoms in total. The fraction of sp³-hybridized carbons (Fsp3) is 0.0833. The monoisotopic (exact) mass is 387 g/mol. The second-order valence-corrected chi connectivity index (χ2v) is 7.73. The predicted molar refractivity (Wildman–Crippen MR) is 80.5 cm³/mol. The number of hydrogen-bond donors (Lipinski definition) is 0. The first-order chi connectivity index (χ1) is 9.88. The summed E-state index contributed by atoms with van der Waals surface area (Å²) in [7, 11) is 1.53. The van der Waals surface area contributed by atoms with Crippen molar-refractivity contribution in [1.82, 2.24) is 15.4 Å². The number of aromatic nitrogens is 3. The van der Waals surface area contributed by atoms with Crippen LogP contribution in [0, 0.1) is 6.92 Å². The van der Waals surface area contributed by atoms with Crippen molar-refractivity contribution >= 4 is 46.6 Å². The molecule has 0 aliphatic heterocycles. The zero-order valence-corrected chi connectivity index (χ0v) is 13.7. The van der Waals surface area contributed by atoms with Crippen molar-refractivity contribution in [3.05, 3.63) is 34.4 Å². The van der Waals surface area contributed by atoms with E-state index in [1.54, 1.807) is 12.3 Å². The van der Waals surface area contributed by atoms with Gasteiger partial charge in [-0.05, 0) is 46.6 Å². The summed E-state index contributed by atoms with van der Waals surface area (Å²) in [4.78, 5) is -0.0467. The van der Waals surface area contributed by atoms with Crippen molar-refractivity contribution in [2.45, 2.75) is 11.8 Å². The summed E-state index contributed by atoms with van der Waals surface area (Å²) in [5.41, 5.74) is 2.19. The van der Waals surface area contributed by atoms with Gasteiger partial charge in [0.15, 0.2) is 5.58 Å². The van der Waals surface area contributed by atoms with Gasteiger partial charge in [-0.15, -0.1) is 5.10 Å². The van der Waals surface area contributed by atoms with Crippen LogP contribution in [0.1, 0.15) is 5.56 Å². The number of halogens is 2. The maximum Gasteiger partial charge on any atom is 0.261 e. The van der Waals surface area contributed by atoms with Crippen molar-refractivity contribution in [3.8, 4) is 11.4 Å². The van der Waals surface area contributed by atoms with Gasteiger partial charge in [0.05, 0.1) is 14.8 Å². The molecule has 0 spiro atoms. The first-order valence-corrected chi connectivity index (χ1v) is 8.80. The first-order valence-electron chi connectivity index (χ1n) is 5.70. The third-order valence-corrected chi connectivity index (χ3v) is 4.85. The van der Waals surface area contributed by atoms with E-state index >= 15 is 0 Å². The number of fused-ring (bicyclic) bond motifs is 1. The number of hydrogen-bond acceptors (Lipinski definition) is 6. The molecule has 0 fully saturated rings. The molecule has 0 saturated heterocycles. The summed E-state index contributed by atoms with van der Waals surface area (Å²) < 4.78 is 28.8. The molecule has 108 valence electrons. The number of benzene rings is 1. The molecule has 0 unspecified atom stereocenters. The molecule has 0 saturated carbocycles. The van der Waals surface area contributed by atoms with Crippen molar-refractivity contribution in [1.29, 1.82) is 0 Å². The summed E-state index contributed by atoms with van der Waals surface area (Å²) in [6, 6.07) is 4.55. The average Bonchev–Trinajstić information content (AvgIpc) is 2.82. The molecule has 0 aliphatic rings. The van der Waals surface area contributed by atoms with Gasteiger partial charge in [-0.3, -0.25) is 0 Å². The average molecular weight is 389 g/mol. The van der Waals surface area contributed by atoms with Crippen LogP contribution in [0.4, 0.5) is 0 Å². The Balaban J connectivity index is 2.36. The summed E-state index contributed by atoms with van der Waals surface area (Å²) >= 11 is 3.25. The molecule has 1 aromatic carbocycles. The Morgan fingerprint density at radius 1 is 1.29 bits per heavy atom. The Bertz CT molecular complexity index is 956. The van der Waals surface area contributed by atoms with Gasteiger partial charge in [-0.2, -0.15) is 5.10 Å². The van der Waals surface area contributed by atoms with Crippen LogP contribution in [0.5, 0.6) is 0 Å². The highest BCUT2D eigenvalue weighted by Gasteiger charge is 2.20. The van der Waals surface area contributed by atoms with Gasteiger partial charge < -0.3 is 4.52 Å². The number of nitrogens with zero attached hydrogens (tertiary/aromatic N) is 3. The van der Waals surface area contributed by atoms with Crippen molar-refractivity contribution in [2.75, 3.05) is 0 Å². The van der Waals surface area contributed by atoms with E-state index in [2.05, 4.69) is 31.3 Å². The lowest BCUT2D eigenvalue weighted by atomic mass is 10.1. The lowest BCUT2D eigenvalue weighted by Crippen LogP contribution is -1.93. The molecule has 0 aliphatic carbocycles. The second kappa shape index (κ2) is 5.04. The third kappa shape index (κ3) is 2.54. The van der Waals surface area contributed by atoms with Crippen molar-refractivity contribution < 1.29 is 12.9 Å². The first kappa shape index (κ1) is 14.4. The normalized spacial score (nSPS) is 12.0. The fourth-order valence-electron chi connectivity index (χ4n) is 1.92. The van der Waals surface area contributed by atoms with Crippen LogP contribution in [0.25, 0.3) is 22.4 Å². The van der Waals surface area contributed by atoms with Gasteiger partial charge in [-0.1, -0.05) is 5.16 Å². The van der Waals surface area contributed by atoms with Crippen molar-refractivity contribution in [3.63, 3.8) is 0 Å². The third-order valence-electron chi connectivity index (χ3n) is 2.93. The van der Waals surface area contributed by atoms with Crippen LogP contribution < -0.4 is 0 Å². The van der Waals surface area contributed by atoms with Crippen LogP contribution in [-0.4, -0.2) is 23.8 Å². The van der Waals surface area contributed by atoms with Crippen LogP contribution in [0.15, 0.2) is 38.3 Å². The Hall–Kier alpha value is -1.51. The number of aryl methyl sites for hydroxylation is 1. The van der Waals surface area contributed by atoms with Gasteiger partial charge in [0, 0.05) is 16.9 Å². The largest absolute Gasteiger partial charge is 0.354 e. The zero-order valence-electron chi connectivity index (χ0n) is 10.5. The van der Waals surface area contributed by atoms with Gasteiger partial charge in [0.1, 0.15) is 11.4 Å². The van der Waals surface area contributed by atoms with Crippen LogP contribution in [0.2, 0.25) is 0 Å². The van der Waals surface area contributed by atoms with Gasteiger partial charge in [0.2, 0.25) is 0 Å². The molecule has 2 heterocycles. The molecule has 21 heavy (non-hydrogen) atoms. The van der Waals surface area contributed by atoms with Crippen LogP contribution in [-0.2, 0) is 9.05 Å². The summed E-state index contributed by atoms with van der Waals surface area (Å²) in [6.45, 7) is 1.85. The topological polar surface area (TPSA) is 85.9 Å². The zero-order chi connectivity index (χ0) is 15.2. The van der Waals surface area contributed by atoms with E-state index in [0.717, 1.165) is 5.56 Å². The summed E-state index contributed by atoms with van der Waals surface area (Å²) in [6.07, 6.45) is 1.56. The van der Waals surface area contributed by atoms with Crippen LogP contribution >= 0.6 is 26.6 Å². The Labute approximate surface area is 132 Å². The second-order valence-electron chi connectivity index (χ2n) is 4.31. The maximum atomic E-state index is 11.5. The van der Waals surface area contributed by atoms with E-state index in [9.17, 15) is 8.42 Å². The highest BCUT2D eigenvalue weighted by Crippen LogP contribution is 2.35. The molecule has 0 amide bonds. The molecule has 3 rings (SSSR count). The Kier molecular flexibility index (Phi) is 3.46. The smallest absolute Gasteiger partial charge is 0.261 e. The standard InChI is InChI=1S/C12H7BrClN3O3S/c1-6-2-3-15-16-10(6)11-8-4-7(21(14,18)19)5-9(13)12(8)20-17-11/h2-5H,1H3. The predicted octanol–water partition coefficient (Wildman–Crippen LogP) is 3.28. The van der Waals surface area contributed by atoms with E-state index in [0.29, 0.717) is 26.8 Å². The summed E-state index contributed by atoms with van der Waals surface area (Å²) in [5, 5.41) is 12.3. The molecule has 2 aromatic heterocycles. The van der Waals surface area contributed by atoms with E-state index < -0.39 is 9.05 Å². The van der Waals surface area contributed by atoms with Gasteiger partial charge >= 0.3 is 0 Å². The molecule has 0 radical (unpaired) electrons. The highest BCUT2D eigenvalue weighted by molar-refractivity contribution is 9.10. The Morgan fingerprint density at radius 3 is 2.71 bits per heavy atom. The van der Waals surface area contributed by atoms with Gasteiger partial charge in [-0.25, -0.2) is 8.42 Å². The SMILES string of the molecule is Cc1ccnnc1-c1noc2c(Br)cc(S(=O)(=O)Cl)cc12. The maximum absolute atomic E-state index is 11.5. The molecular weight excluding hydrogens is 382 g/mol. The molecule has 0 bridgehead atoms. The Morgan fingerprint density at radius 2 is 2.05 bits per heavy atom. The fourth-order valence-corrected chi connectivity index (χ4v) is 3.39. The molecule has 9 heteroatoms. The minimum atomic E-state index is -3.87. The summed E-state index contributed by atoms with van der Waals surface area (Å²) in [5.74, 6) is 0. The lowest BCUT2D eigenvalue weighted by molar-refractivity contribution is 0.457. The van der Waals surface area contributed by atoms with E-state index in [1.807, 2.05) is 6.92 Å². The molecule has 3 aromatic rings. The highest BCUT2D eigenvalue weighted by atomic mass is 79.9. The molecular formula is C12H7BrClN3O3S. The molecule has 0 atom stereocenters. The minimum absolute atomic E-state index is 0.0467. The lowest BCUT2D eigenvalue weighted by Gasteiger charge is -2.01. The number of rotatable bonds is 2. The van der Waals surface area contributed by atoms with E-state index in [4.69, 9.17) is 15.2 Å². The van der Waals surface area contributed by atoms with E-state index in [-0.39, 0.29) is 4.90 Å². The van der Waals surface area contributed by atoms with E-state index in [1.165, 1.54) is 12.1 Å². The quantitative estimate of drug-likeness (QED) is 0.626. The van der Waals surface area contributed by atoms with Crippen molar-refractivity contribution in [2.24, 2.45) is 0 Å². The minimum Gasteiger partial charge on any atom is -0.354 e. The van der Waals surface area contributed by atoms with Gasteiger partial charge in [0.25, 0.3) is 9.05 Å².